The van der Waals surface area contributed by atoms with E-state index in [-0.39, 0.29) is 23.7 Å². The van der Waals surface area contributed by atoms with E-state index in [9.17, 15) is 14.9 Å². The fraction of sp³-hybridized carbons (Fsp3) is 0.118. The minimum atomic E-state index is -0.738. The van der Waals surface area contributed by atoms with Crippen LogP contribution in [0.25, 0.3) is 11.5 Å². The van der Waals surface area contributed by atoms with Gasteiger partial charge in [0.25, 0.3) is 11.6 Å². The van der Waals surface area contributed by atoms with E-state index in [1.54, 1.807) is 7.05 Å². The summed E-state index contributed by atoms with van der Waals surface area (Å²) in [4.78, 5) is 22.6. The van der Waals surface area contributed by atoms with E-state index in [1.165, 1.54) is 12.1 Å². The number of rotatable bonds is 6. The summed E-state index contributed by atoms with van der Waals surface area (Å²) in [7, 11) is 1.60. The van der Waals surface area contributed by atoms with Crippen molar-refractivity contribution in [3.63, 3.8) is 0 Å². The first-order valence-electron chi connectivity index (χ1n) is 7.59. The minimum absolute atomic E-state index is 0.0458. The van der Waals surface area contributed by atoms with Gasteiger partial charge < -0.3 is 14.5 Å². The van der Waals surface area contributed by atoms with Crippen molar-refractivity contribution in [2.45, 2.75) is 6.61 Å². The van der Waals surface area contributed by atoms with Gasteiger partial charge in [-0.05, 0) is 18.2 Å². The number of carbonyl (C=O) groups excluding carboxylic acids is 1. The molecular formula is C17H14N4O5. The maximum Gasteiger partial charge on any atom is 0.341 e. The first-order valence-corrected chi connectivity index (χ1v) is 7.59. The van der Waals surface area contributed by atoms with Gasteiger partial charge in [-0.15, -0.1) is 10.2 Å². The second kappa shape index (κ2) is 7.43. The van der Waals surface area contributed by atoms with Crippen molar-refractivity contribution in [2.75, 3.05) is 12.4 Å². The van der Waals surface area contributed by atoms with Gasteiger partial charge in [-0.2, -0.15) is 0 Å². The molecule has 0 saturated carbocycles. The third kappa shape index (κ3) is 3.66. The molecule has 2 aromatic carbocycles. The Kier molecular flexibility index (Phi) is 4.88. The Bertz CT molecular complexity index is 939. The summed E-state index contributed by atoms with van der Waals surface area (Å²) in [6.07, 6.45) is 0. The normalized spacial score (nSPS) is 10.3. The van der Waals surface area contributed by atoms with Crippen molar-refractivity contribution in [2.24, 2.45) is 0 Å². The highest BCUT2D eigenvalue weighted by atomic mass is 16.6. The van der Waals surface area contributed by atoms with Crippen LogP contribution in [-0.4, -0.2) is 28.1 Å². The molecule has 9 heteroatoms. The van der Waals surface area contributed by atoms with Gasteiger partial charge in [-0.1, -0.05) is 18.2 Å². The third-order valence-electron chi connectivity index (χ3n) is 3.52. The molecule has 0 spiro atoms. The molecule has 0 radical (unpaired) electrons. The maximum atomic E-state index is 12.3. The van der Waals surface area contributed by atoms with Gasteiger partial charge in [0.1, 0.15) is 0 Å². The average Bonchev–Trinajstić information content (AvgIpc) is 3.15. The zero-order valence-corrected chi connectivity index (χ0v) is 13.7. The van der Waals surface area contributed by atoms with Gasteiger partial charge >= 0.3 is 5.97 Å². The lowest BCUT2D eigenvalue weighted by Crippen LogP contribution is -2.09. The molecule has 1 aromatic heterocycles. The van der Waals surface area contributed by atoms with Crippen molar-refractivity contribution in [1.29, 1.82) is 0 Å². The van der Waals surface area contributed by atoms with E-state index in [2.05, 4.69) is 15.5 Å². The summed E-state index contributed by atoms with van der Waals surface area (Å²) in [5.41, 5.74) is 0.995. The van der Waals surface area contributed by atoms with E-state index in [1.807, 2.05) is 30.3 Å². The van der Waals surface area contributed by atoms with Crippen LogP contribution in [0.5, 0.6) is 0 Å². The fourth-order valence-corrected chi connectivity index (χ4v) is 2.25. The molecule has 0 atom stereocenters. The van der Waals surface area contributed by atoms with Crippen LogP contribution in [0.3, 0.4) is 0 Å². The fourth-order valence-electron chi connectivity index (χ4n) is 2.25. The number of nitrogens with one attached hydrogen (secondary N) is 1. The molecule has 0 aliphatic rings. The SMILES string of the molecule is CNc1ccc([N+](=O)[O-])cc1C(=O)OCc1nnc(-c2ccccc2)o1. The highest BCUT2D eigenvalue weighted by molar-refractivity contribution is 5.96. The van der Waals surface area contributed by atoms with Gasteiger partial charge in [-0.25, -0.2) is 4.79 Å². The van der Waals surface area contributed by atoms with Crippen LogP contribution in [0, 0.1) is 10.1 Å². The number of hydrogen-bond donors (Lipinski definition) is 1. The number of nitrogens with zero attached hydrogens (tertiary/aromatic N) is 3. The smallest absolute Gasteiger partial charge is 0.341 e. The maximum absolute atomic E-state index is 12.3. The summed E-state index contributed by atoms with van der Waals surface area (Å²) in [6.45, 7) is -0.246. The molecule has 9 nitrogen and oxygen atoms in total. The lowest BCUT2D eigenvalue weighted by atomic mass is 10.1. The van der Waals surface area contributed by atoms with Gasteiger partial charge in [0, 0.05) is 30.4 Å². The second-order valence-corrected chi connectivity index (χ2v) is 5.18. The van der Waals surface area contributed by atoms with Gasteiger partial charge in [0.2, 0.25) is 5.89 Å². The van der Waals surface area contributed by atoms with Crippen LogP contribution in [0.15, 0.2) is 52.9 Å². The van der Waals surface area contributed by atoms with Crippen LogP contribution < -0.4 is 5.32 Å². The second-order valence-electron chi connectivity index (χ2n) is 5.18. The molecule has 0 saturated heterocycles. The van der Waals surface area contributed by atoms with E-state index in [4.69, 9.17) is 9.15 Å². The molecule has 3 rings (SSSR count). The Hall–Kier alpha value is -3.75. The van der Waals surface area contributed by atoms with Crippen LogP contribution in [0.2, 0.25) is 0 Å². The van der Waals surface area contributed by atoms with Gasteiger partial charge in [0.15, 0.2) is 6.61 Å². The molecule has 0 unspecified atom stereocenters. The molecule has 0 aliphatic carbocycles. The molecule has 0 fully saturated rings. The van der Waals surface area contributed by atoms with Crippen LogP contribution in [-0.2, 0) is 11.3 Å². The lowest BCUT2D eigenvalue weighted by molar-refractivity contribution is -0.384. The first-order chi connectivity index (χ1) is 12.6. The zero-order chi connectivity index (χ0) is 18.5. The van der Waals surface area contributed by atoms with Crippen LogP contribution in [0.4, 0.5) is 11.4 Å². The number of nitro benzene ring substituents is 1. The highest BCUT2D eigenvalue weighted by Gasteiger charge is 2.18. The first kappa shape index (κ1) is 17.1. The van der Waals surface area contributed by atoms with Crippen LogP contribution in [0.1, 0.15) is 16.2 Å². The molecule has 1 heterocycles. The number of non-ortho nitro benzene ring substituents is 1. The van der Waals surface area contributed by atoms with Crippen molar-refractivity contribution in [3.8, 4) is 11.5 Å². The van der Waals surface area contributed by atoms with E-state index < -0.39 is 10.9 Å². The Balaban J connectivity index is 1.72. The number of benzene rings is 2. The molecule has 132 valence electrons. The number of anilines is 1. The summed E-state index contributed by atoms with van der Waals surface area (Å²) < 4.78 is 10.6. The Morgan fingerprint density at radius 3 is 2.69 bits per heavy atom. The predicted octanol–water partition coefficient (Wildman–Crippen LogP) is 3.04. The largest absolute Gasteiger partial charge is 0.452 e. The quantitative estimate of drug-likeness (QED) is 0.407. The molecular weight excluding hydrogens is 340 g/mol. The average molecular weight is 354 g/mol. The Morgan fingerprint density at radius 1 is 1.23 bits per heavy atom. The van der Waals surface area contributed by atoms with E-state index in [0.29, 0.717) is 11.6 Å². The molecule has 26 heavy (non-hydrogen) atoms. The van der Waals surface area contributed by atoms with E-state index >= 15 is 0 Å². The number of aromatic nitrogens is 2. The number of hydrogen-bond acceptors (Lipinski definition) is 8. The number of esters is 1. The summed E-state index contributed by atoms with van der Waals surface area (Å²) in [5.74, 6) is -0.311. The predicted molar refractivity (Wildman–Crippen MR) is 91.5 cm³/mol. The number of ether oxygens (including phenoxy) is 1. The van der Waals surface area contributed by atoms with Crippen molar-refractivity contribution < 1.29 is 18.9 Å². The molecule has 0 amide bonds. The Labute approximate surface area is 147 Å². The minimum Gasteiger partial charge on any atom is -0.452 e. The highest BCUT2D eigenvalue weighted by Crippen LogP contribution is 2.23. The topological polar surface area (TPSA) is 120 Å². The number of carbonyl (C=O) groups is 1. The molecule has 3 aromatic rings. The third-order valence-corrected chi connectivity index (χ3v) is 3.52. The lowest BCUT2D eigenvalue weighted by Gasteiger charge is -2.08. The molecule has 1 N–H and O–H groups in total. The molecule has 0 bridgehead atoms. The number of nitro groups is 1. The van der Waals surface area contributed by atoms with Crippen LogP contribution >= 0.6 is 0 Å². The summed E-state index contributed by atoms with van der Waals surface area (Å²) in [5, 5.41) is 21.4. The summed E-state index contributed by atoms with van der Waals surface area (Å²) >= 11 is 0. The molecule has 0 aliphatic heterocycles. The Morgan fingerprint density at radius 2 is 2.00 bits per heavy atom. The standard InChI is InChI=1S/C17H14N4O5/c1-18-14-8-7-12(21(23)24)9-13(14)17(22)25-10-15-19-20-16(26-15)11-5-3-2-4-6-11/h2-9,18H,10H2,1H3. The van der Waals surface area contributed by atoms with Gasteiger partial charge in [-0.3, -0.25) is 10.1 Å². The van der Waals surface area contributed by atoms with E-state index in [0.717, 1.165) is 11.6 Å². The van der Waals surface area contributed by atoms with Crippen molar-refractivity contribution in [1.82, 2.24) is 10.2 Å². The zero-order valence-electron chi connectivity index (χ0n) is 13.7. The van der Waals surface area contributed by atoms with Crippen molar-refractivity contribution >= 4 is 17.3 Å². The van der Waals surface area contributed by atoms with Gasteiger partial charge in [0.05, 0.1) is 10.5 Å². The summed E-state index contributed by atoms with van der Waals surface area (Å²) in [6, 6.07) is 13.0. The monoisotopic (exact) mass is 354 g/mol. The van der Waals surface area contributed by atoms with Crippen molar-refractivity contribution in [3.05, 3.63) is 70.1 Å².